The molecule has 0 atom stereocenters. The molecule has 0 aliphatic carbocycles. The van der Waals surface area contributed by atoms with E-state index in [1.54, 1.807) is 18.9 Å². The molecule has 0 unspecified atom stereocenters. The largest absolute Gasteiger partial charge is 0.497 e. The minimum Gasteiger partial charge on any atom is -0.497 e. The summed E-state index contributed by atoms with van der Waals surface area (Å²) < 4.78 is 5.17. The van der Waals surface area contributed by atoms with Crippen molar-refractivity contribution in [1.82, 2.24) is 10.4 Å². The van der Waals surface area contributed by atoms with Gasteiger partial charge in [0.1, 0.15) is 5.75 Å². The van der Waals surface area contributed by atoms with Gasteiger partial charge in [0.25, 0.3) is 0 Å². The van der Waals surface area contributed by atoms with E-state index in [4.69, 9.17) is 4.74 Å². The van der Waals surface area contributed by atoms with Gasteiger partial charge in [-0.1, -0.05) is 25.1 Å². The fourth-order valence-corrected chi connectivity index (χ4v) is 2.61. The highest BCUT2D eigenvalue weighted by atomic mass is 32.2. The molecule has 5 heteroatoms. The fourth-order valence-electron chi connectivity index (χ4n) is 1.82. The third-order valence-electron chi connectivity index (χ3n) is 3.02. The molecule has 1 aliphatic heterocycles. The molecule has 0 saturated heterocycles. The first-order valence-electron chi connectivity index (χ1n) is 6.80. The Morgan fingerprint density at radius 2 is 2.05 bits per heavy atom. The Kier molecular flexibility index (Phi) is 5.35. The number of hydrogen-bond acceptors (Lipinski definition) is 4. The van der Waals surface area contributed by atoms with Crippen LogP contribution in [0.4, 0.5) is 0 Å². The Morgan fingerprint density at radius 1 is 1.30 bits per heavy atom. The Morgan fingerprint density at radius 3 is 2.65 bits per heavy atom. The lowest BCUT2D eigenvalue weighted by Gasteiger charge is -2.28. The molecular weight excluding hydrogens is 270 g/mol. The maximum absolute atomic E-state index is 5.17. The number of nitrogens with one attached hydrogen (secondary N) is 1. The van der Waals surface area contributed by atoms with Gasteiger partial charge in [-0.3, -0.25) is 15.4 Å². The van der Waals surface area contributed by atoms with Gasteiger partial charge < -0.3 is 4.74 Å². The first-order valence-corrected chi connectivity index (χ1v) is 7.68. The molecule has 0 aromatic heterocycles. The number of amidine groups is 1. The number of rotatable bonds is 5. The van der Waals surface area contributed by atoms with Crippen LogP contribution < -0.4 is 10.2 Å². The summed E-state index contributed by atoms with van der Waals surface area (Å²) in [5.74, 6) is 0.869. The van der Waals surface area contributed by atoms with Crippen LogP contribution in [-0.4, -0.2) is 30.9 Å². The minimum absolute atomic E-state index is 0.869. The van der Waals surface area contributed by atoms with Crippen molar-refractivity contribution in [2.24, 2.45) is 4.99 Å². The van der Waals surface area contributed by atoms with Crippen LogP contribution in [-0.2, 0) is 0 Å². The second-order valence-corrected chi connectivity index (χ2v) is 5.40. The van der Waals surface area contributed by atoms with Gasteiger partial charge in [0.2, 0.25) is 0 Å². The van der Waals surface area contributed by atoms with Crippen LogP contribution in [0.15, 0.2) is 34.7 Å². The van der Waals surface area contributed by atoms with E-state index in [9.17, 15) is 0 Å². The van der Waals surface area contributed by atoms with Crippen molar-refractivity contribution < 1.29 is 4.74 Å². The fraction of sp³-hybridized carbons (Fsp3) is 0.400. The molecule has 0 bridgehead atoms. The van der Waals surface area contributed by atoms with Crippen LogP contribution in [0.5, 0.6) is 5.75 Å². The van der Waals surface area contributed by atoms with Gasteiger partial charge >= 0.3 is 0 Å². The van der Waals surface area contributed by atoms with Gasteiger partial charge in [0, 0.05) is 24.6 Å². The minimum atomic E-state index is 0.869. The molecule has 1 N–H and O–H groups in total. The highest BCUT2D eigenvalue weighted by molar-refractivity contribution is 8.16. The van der Waals surface area contributed by atoms with E-state index in [1.807, 2.05) is 36.3 Å². The predicted molar refractivity (Wildman–Crippen MR) is 86.7 cm³/mol. The molecule has 0 fully saturated rings. The number of thioether (sulfide) groups is 1. The van der Waals surface area contributed by atoms with Crippen LogP contribution in [0, 0.1) is 0 Å². The lowest BCUT2D eigenvalue weighted by Crippen LogP contribution is -2.39. The van der Waals surface area contributed by atoms with Gasteiger partial charge in [-0.15, -0.1) is 0 Å². The molecule has 1 aromatic rings. The lowest BCUT2D eigenvalue weighted by atomic mass is 10.2. The molecule has 0 amide bonds. The Labute approximate surface area is 124 Å². The van der Waals surface area contributed by atoms with Gasteiger partial charge in [-0.25, -0.2) is 0 Å². The number of methoxy groups -OCH3 is 1. The normalized spacial score (nSPS) is 16.9. The zero-order valence-corrected chi connectivity index (χ0v) is 13.0. The van der Waals surface area contributed by atoms with E-state index in [1.165, 1.54) is 6.42 Å². The molecule has 2 rings (SSSR count). The van der Waals surface area contributed by atoms with E-state index < -0.39 is 0 Å². The van der Waals surface area contributed by atoms with Crippen LogP contribution >= 0.6 is 11.8 Å². The van der Waals surface area contributed by atoms with Crippen molar-refractivity contribution >= 4 is 22.6 Å². The molecule has 0 spiro atoms. The van der Waals surface area contributed by atoms with Crippen LogP contribution in [0.3, 0.4) is 0 Å². The summed E-state index contributed by atoms with van der Waals surface area (Å²) in [4.78, 5) is 4.59. The summed E-state index contributed by atoms with van der Waals surface area (Å²) in [5, 5.41) is 5.09. The summed E-state index contributed by atoms with van der Waals surface area (Å²) >= 11 is 1.65. The summed E-state index contributed by atoms with van der Waals surface area (Å²) in [5.41, 5.74) is 5.56. The van der Waals surface area contributed by atoms with Crippen molar-refractivity contribution in [2.75, 3.05) is 20.7 Å². The Balaban J connectivity index is 2.06. The van der Waals surface area contributed by atoms with Gasteiger partial charge in [-0.2, -0.15) is 0 Å². The van der Waals surface area contributed by atoms with Gasteiger partial charge in [0.15, 0.2) is 5.17 Å². The number of hydrogen-bond donors (Lipinski definition) is 1. The van der Waals surface area contributed by atoms with Crippen molar-refractivity contribution in [3.8, 4) is 5.75 Å². The topological polar surface area (TPSA) is 36.9 Å². The molecule has 1 heterocycles. The van der Waals surface area contributed by atoms with Crippen molar-refractivity contribution in [2.45, 2.75) is 19.8 Å². The number of benzene rings is 1. The molecule has 108 valence electrons. The van der Waals surface area contributed by atoms with Gasteiger partial charge in [-0.05, 0) is 30.7 Å². The van der Waals surface area contributed by atoms with Crippen molar-refractivity contribution in [1.29, 1.82) is 0 Å². The standard InChI is InChI=1S/C15H21N3OS/c1-4-5-10-16-15-18(2)17-14(11-20-15)12-6-8-13(19-3)9-7-12/h6-9,11,17H,4-5,10H2,1-3H3. The third kappa shape index (κ3) is 3.70. The molecular formula is C15H21N3OS. The number of hydrazine groups is 1. The molecule has 0 radical (unpaired) electrons. The second-order valence-electron chi connectivity index (χ2n) is 4.57. The monoisotopic (exact) mass is 291 g/mol. The Bertz CT molecular complexity index is 496. The number of aliphatic imine (C=N–C) groups is 1. The Hall–Kier alpha value is -1.62. The first kappa shape index (κ1) is 14.8. The second kappa shape index (κ2) is 7.24. The van der Waals surface area contributed by atoms with Crippen LogP contribution in [0.25, 0.3) is 5.70 Å². The third-order valence-corrected chi connectivity index (χ3v) is 3.98. The smallest absolute Gasteiger partial charge is 0.182 e. The number of ether oxygens (including phenoxy) is 1. The summed E-state index contributed by atoms with van der Waals surface area (Å²) in [7, 11) is 3.67. The molecule has 4 nitrogen and oxygen atoms in total. The molecule has 20 heavy (non-hydrogen) atoms. The highest BCUT2D eigenvalue weighted by Crippen LogP contribution is 2.24. The summed E-state index contributed by atoms with van der Waals surface area (Å²) in [6.07, 6.45) is 2.30. The highest BCUT2D eigenvalue weighted by Gasteiger charge is 2.15. The average molecular weight is 291 g/mol. The average Bonchev–Trinajstić information content (AvgIpc) is 2.49. The number of nitrogens with zero attached hydrogens (tertiary/aromatic N) is 2. The van der Waals surface area contributed by atoms with Crippen molar-refractivity contribution in [3.05, 3.63) is 35.2 Å². The van der Waals surface area contributed by atoms with Crippen LogP contribution in [0.1, 0.15) is 25.3 Å². The zero-order chi connectivity index (χ0) is 14.4. The molecule has 0 saturated carbocycles. The maximum atomic E-state index is 5.17. The van der Waals surface area contributed by atoms with E-state index >= 15 is 0 Å². The molecule has 1 aromatic carbocycles. The van der Waals surface area contributed by atoms with Gasteiger partial charge in [0.05, 0.1) is 12.8 Å². The first-order chi connectivity index (χ1) is 9.74. The molecule has 1 aliphatic rings. The van der Waals surface area contributed by atoms with E-state index in [-0.39, 0.29) is 0 Å². The lowest BCUT2D eigenvalue weighted by molar-refractivity contribution is 0.414. The van der Waals surface area contributed by atoms with Crippen molar-refractivity contribution in [3.63, 3.8) is 0 Å². The zero-order valence-electron chi connectivity index (χ0n) is 12.2. The van der Waals surface area contributed by atoms with E-state index in [0.29, 0.717) is 0 Å². The maximum Gasteiger partial charge on any atom is 0.182 e. The van der Waals surface area contributed by atoms with E-state index in [0.717, 1.165) is 35.1 Å². The SMILES string of the molecule is CCCCN=C1SC=C(c2ccc(OC)cc2)NN1C. The van der Waals surface area contributed by atoms with E-state index in [2.05, 4.69) is 22.7 Å². The summed E-state index contributed by atoms with van der Waals surface area (Å²) in [6.45, 7) is 3.06. The number of unbranched alkanes of at least 4 members (excludes halogenated alkanes) is 1. The quantitative estimate of drug-likeness (QED) is 0.844. The predicted octanol–water partition coefficient (Wildman–Crippen LogP) is 3.33. The van der Waals surface area contributed by atoms with Crippen LogP contribution in [0.2, 0.25) is 0 Å². The summed E-state index contributed by atoms with van der Waals surface area (Å²) in [6, 6.07) is 8.03.